The van der Waals surface area contributed by atoms with Crippen molar-refractivity contribution in [2.45, 2.75) is 32.0 Å². The number of halogens is 2. The molecule has 0 saturated carbocycles. The van der Waals surface area contributed by atoms with Crippen LogP contribution in [0.25, 0.3) is 11.0 Å². The Balaban J connectivity index is 0.00000171. The van der Waals surface area contributed by atoms with Gasteiger partial charge >= 0.3 is 0 Å². The minimum absolute atomic E-state index is 0. The third kappa shape index (κ3) is 6.32. The smallest absolute Gasteiger partial charge is 0.276 e. The molecular weight excluding hydrogens is 495 g/mol. The number of nitrogens with one attached hydrogen (secondary N) is 1. The highest BCUT2D eigenvalue weighted by atomic mass is 35.5. The molecule has 5 rings (SSSR count). The maximum absolute atomic E-state index is 12.5. The number of aromatic nitrogens is 4. The van der Waals surface area contributed by atoms with Gasteiger partial charge in [0.15, 0.2) is 5.75 Å². The highest BCUT2D eigenvalue weighted by Crippen LogP contribution is 2.26. The van der Waals surface area contributed by atoms with E-state index < -0.39 is 0 Å². The molecule has 12 heteroatoms. The normalized spacial score (nSPS) is 15.8. The van der Waals surface area contributed by atoms with Gasteiger partial charge in [0.05, 0.1) is 30.0 Å². The monoisotopic (exact) mass is 524 g/mol. The molecule has 0 radical (unpaired) electrons. The zero-order valence-corrected chi connectivity index (χ0v) is 21.1. The molecule has 1 saturated heterocycles. The lowest BCUT2D eigenvalue weighted by Gasteiger charge is -2.32. The number of fused-ring (bicyclic) bond motifs is 2. The molecule has 3 aromatic rings. The van der Waals surface area contributed by atoms with Crippen molar-refractivity contribution in [2.75, 3.05) is 40.0 Å². The summed E-state index contributed by atoms with van der Waals surface area (Å²) in [6.07, 6.45) is 3.47. The van der Waals surface area contributed by atoms with Gasteiger partial charge in [-0.2, -0.15) is 5.10 Å². The number of benzene rings is 1. The maximum Gasteiger partial charge on any atom is 0.276 e. The van der Waals surface area contributed by atoms with Crippen LogP contribution in [-0.4, -0.2) is 70.6 Å². The summed E-state index contributed by atoms with van der Waals surface area (Å²) in [4.78, 5) is 19.1. The Hall–Kier alpha value is -2.66. The number of hydrogen-bond donors (Lipinski definition) is 1. The van der Waals surface area contributed by atoms with E-state index in [1.54, 1.807) is 11.7 Å². The standard InChI is InChI=1S/C23H28N6O4.2ClH/c1-31-18-2-3-19-20(13-18)29(22(30)15-25-19)9-8-28-6-4-16(5-7-28)24-14-17-12-21-23(27-26-17)33-11-10-32-21;;/h2-3,12-13,15-16,24H,4-11,14H2,1H3;2*1H. The van der Waals surface area contributed by atoms with Crippen molar-refractivity contribution in [3.05, 3.63) is 46.5 Å². The van der Waals surface area contributed by atoms with Crippen molar-refractivity contribution in [2.24, 2.45) is 0 Å². The predicted octanol–water partition coefficient (Wildman–Crippen LogP) is 2.06. The second-order valence-electron chi connectivity index (χ2n) is 8.30. The molecular formula is C23H30Cl2N6O4. The molecule has 0 amide bonds. The Morgan fingerprint density at radius 3 is 2.69 bits per heavy atom. The van der Waals surface area contributed by atoms with E-state index in [1.807, 2.05) is 24.3 Å². The van der Waals surface area contributed by atoms with Crippen LogP contribution in [0.3, 0.4) is 0 Å². The first kappa shape index (κ1) is 26.9. The fourth-order valence-corrected chi connectivity index (χ4v) is 4.33. The molecule has 0 unspecified atom stereocenters. The first-order valence-corrected chi connectivity index (χ1v) is 11.3. The zero-order valence-electron chi connectivity index (χ0n) is 19.5. The predicted molar refractivity (Wildman–Crippen MR) is 136 cm³/mol. The Labute approximate surface area is 215 Å². The van der Waals surface area contributed by atoms with Gasteiger partial charge in [0.1, 0.15) is 19.0 Å². The summed E-state index contributed by atoms with van der Waals surface area (Å²) >= 11 is 0. The fourth-order valence-electron chi connectivity index (χ4n) is 4.33. The van der Waals surface area contributed by atoms with E-state index in [2.05, 4.69) is 25.4 Å². The summed E-state index contributed by atoms with van der Waals surface area (Å²) in [6.45, 7) is 5.09. The van der Waals surface area contributed by atoms with Crippen molar-refractivity contribution in [1.82, 2.24) is 30.0 Å². The highest BCUT2D eigenvalue weighted by Gasteiger charge is 2.20. The summed E-state index contributed by atoms with van der Waals surface area (Å²) in [6, 6.07) is 7.94. The van der Waals surface area contributed by atoms with Gasteiger partial charge in [-0.15, -0.1) is 29.9 Å². The molecule has 0 bridgehead atoms. The lowest BCUT2D eigenvalue weighted by molar-refractivity contribution is 0.161. The maximum atomic E-state index is 12.5. The number of hydrogen-bond acceptors (Lipinski definition) is 9. The molecule has 0 spiro atoms. The van der Waals surface area contributed by atoms with E-state index >= 15 is 0 Å². The van der Waals surface area contributed by atoms with E-state index in [1.165, 1.54) is 6.20 Å². The van der Waals surface area contributed by atoms with Crippen LogP contribution in [0.5, 0.6) is 17.4 Å². The average Bonchev–Trinajstić information content (AvgIpc) is 2.87. The molecule has 1 N–H and O–H groups in total. The lowest BCUT2D eigenvalue weighted by atomic mass is 10.0. The summed E-state index contributed by atoms with van der Waals surface area (Å²) in [7, 11) is 1.62. The van der Waals surface area contributed by atoms with Gasteiger partial charge in [-0.25, -0.2) is 4.98 Å². The Morgan fingerprint density at radius 1 is 1.09 bits per heavy atom. The summed E-state index contributed by atoms with van der Waals surface area (Å²) < 4.78 is 18.1. The number of ether oxygens (including phenoxy) is 3. The summed E-state index contributed by atoms with van der Waals surface area (Å²) in [5.41, 5.74) is 2.35. The molecule has 1 aromatic carbocycles. The van der Waals surface area contributed by atoms with Gasteiger partial charge in [0, 0.05) is 37.8 Å². The number of methoxy groups -OCH3 is 1. The van der Waals surface area contributed by atoms with Crippen LogP contribution < -0.4 is 25.1 Å². The van der Waals surface area contributed by atoms with E-state index in [4.69, 9.17) is 14.2 Å². The first-order valence-electron chi connectivity index (χ1n) is 11.3. The van der Waals surface area contributed by atoms with Crippen molar-refractivity contribution in [3.8, 4) is 17.4 Å². The second kappa shape index (κ2) is 12.3. The Morgan fingerprint density at radius 2 is 1.89 bits per heavy atom. The van der Waals surface area contributed by atoms with Gasteiger partial charge in [-0.05, 0) is 38.1 Å². The fraction of sp³-hybridized carbons (Fsp3) is 0.478. The Kier molecular flexibility index (Phi) is 9.50. The largest absolute Gasteiger partial charge is 0.497 e. The highest BCUT2D eigenvalue weighted by molar-refractivity contribution is 5.85. The average molecular weight is 525 g/mol. The molecule has 190 valence electrons. The minimum Gasteiger partial charge on any atom is -0.497 e. The topological polar surface area (TPSA) is 104 Å². The summed E-state index contributed by atoms with van der Waals surface area (Å²) in [5.74, 6) is 1.86. The molecule has 0 aliphatic carbocycles. The third-order valence-corrected chi connectivity index (χ3v) is 6.21. The van der Waals surface area contributed by atoms with Gasteiger partial charge in [0.2, 0.25) is 0 Å². The van der Waals surface area contributed by atoms with Crippen molar-refractivity contribution < 1.29 is 14.2 Å². The number of likely N-dealkylation sites (tertiary alicyclic amines) is 1. The summed E-state index contributed by atoms with van der Waals surface area (Å²) in [5, 5.41) is 11.9. The minimum atomic E-state index is -0.0900. The van der Waals surface area contributed by atoms with Crippen molar-refractivity contribution >= 4 is 35.8 Å². The van der Waals surface area contributed by atoms with Crippen LogP contribution >= 0.6 is 24.8 Å². The zero-order chi connectivity index (χ0) is 22.6. The van der Waals surface area contributed by atoms with E-state index in [0.717, 1.165) is 55.0 Å². The molecule has 10 nitrogen and oxygen atoms in total. The van der Waals surface area contributed by atoms with Crippen molar-refractivity contribution in [3.63, 3.8) is 0 Å². The van der Waals surface area contributed by atoms with Gasteiger partial charge in [-0.1, -0.05) is 0 Å². The van der Waals surface area contributed by atoms with Crippen molar-refractivity contribution in [1.29, 1.82) is 0 Å². The van der Waals surface area contributed by atoms with Crippen LogP contribution in [-0.2, 0) is 13.1 Å². The van der Waals surface area contributed by atoms with Gasteiger partial charge in [-0.3, -0.25) is 4.79 Å². The van der Waals surface area contributed by atoms with Crippen LogP contribution in [0.15, 0.2) is 35.3 Å². The van der Waals surface area contributed by atoms with Crippen LogP contribution in [0, 0.1) is 0 Å². The second-order valence-corrected chi connectivity index (χ2v) is 8.30. The molecule has 4 heterocycles. The van der Waals surface area contributed by atoms with E-state index in [-0.39, 0.29) is 30.4 Å². The van der Waals surface area contributed by atoms with E-state index in [0.29, 0.717) is 44.0 Å². The molecule has 2 aromatic heterocycles. The first-order chi connectivity index (χ1) is 16.2. The third-order valence-electron chi connectivity index (χ3n) is 6.21. The van der Waals surface area contributed by atoms with Crippen LogP contribution in [0.1, 0.15) is 18.5 Å². The lowest BCUT2D eigenvalue weighted by Crippen LogP contribution is -2.43. The number of rotatable bonds is 7. The molecule has 0 atom stereocenters. The Bertz CT molecular complexity index is 1190. The van der Waals surface area contributed by atoms with Crippen LogP contribution in [0.4, 0.5) is 0 Å². The number of piperidine rings is 1. The van der Waals surface area contributed by atoms with Crippen LogP contribution in [0.2, 0.25) is 0 Å². The van der Waals surface area contributed by atoms with Gasteiger partial charge < -0.3 is 29.0 Å². The molecule has 2 aliphatic heterocycles. The number of nitrogens with zero attached hydrogens (tertiary/aromatic N) is 5. The molecule has 2 aliphatic rings. The SMILES string of the molecule is COc1ccc2ncc(=O)n(CCN3CCC(NCc4cc5c(nn4)OCCO5)CC3)c2c1.Cl.Cl. The van der Waals surface area contributed by atoms with E-state index in [9.17, 15) is 4.79 Å². The molecule has 35 heavy (non-hydrogen) atoms. The molecule has 1 fully saturated rings. The quantitative estimate of drug-likeness (QED) is 0.497. The van der Waals surface area contributed by atoms with Gasteiger partial charge in [0.25, 0.3) is 11.4 Å².